The second kappa shape index (κ2) is 28.0. The number of carboxylic acids is 1. The normalized spacial score (nSPS) is 11.6. The number of azo groups is 1. The number of aromatic hydroxyl groups is 1. The molecule has 1 heterocycles. The SMILES string of the molecule is O=C(O)c1ccc(SOO[O-])cc1[N-]/N=C(\N=Nc1cc(S(=O)(=O)[O-])cc(Nc2nc(F)nc(N(CCS(=O)(=O)CCOS(=O)(=O)[O-])c3ccccc3)n2)c1O)c1ccccc1.[Cu+].[Na+].[Na+].[Na+]. The average Bonchev–Trinajstić information content (AvgIpc) is 3.20. The topological polar surface area (TPSA) is 362 Å². The molecule has 5 rings (SSSR count). The fourth-order valence-corrected chi connectivity index (χ4v) is 7.20. The van der Waals surface area contributed by atoms with Crippen LogP contribution in [0.15, 0.2) is 116 Å². The molecule has 0 bridgehead atoms. The van der Waals surface area contributed by atoms with Crippen LogP contribution in [0.3, 0.4) is 0 Å². The molecule has 0 spiro atoms. The molecule has 24 nitrogen and oxygen atoms in total. The van der Waals surface area contributed by atoms with Crippen LogP contribution in [0, 0.1) is 6.08 Å². The summed E-state index contributed by atoms with van der Waals surface area (Å²) in [6.07, 6.45) is -1.46. The maximum absolute atomic E-state index is 15.0. The molecule has 0 radical (unpaired) electrons. The number of aromatic nitrogens is 3. The summed E-state index contributed by atoms with van der Waals surface area (Å²) in [5.74, 6) is -5.50. The number of hydrogen-bond donors (Lipinski definition) is 3. The Balaban J connectivity index is 0.00000544. The van der Waals surface area contributed by atoms with E-state index < -0.39 is 101 Å². The van der Waals surface area contributed by atoms with E-state index in [-0.39, 0.29) is 139 Å². The third-order valence-electron chi connectivity index (χ3n) is 7.65. The summed E-state index contributed by atoms with van der Waals surface area (Å²) in [6.45, 7) is -1.45. The van der Waals surface area contributed by atoms with Crippen molar-refractivity contribution in [3.05, 3.63) is 114 Å². The van der Waals surface area contributed by atoms with Crippen molar-refractivity contribution < 1.29 is 178 Å². The van der Waals surface area contributed by atoms with E-state index >= 15 is 4.39 Å². The van der Waals surface area contributed by atoms with Gasteiger partial charge in [-0.25, -0.2) is 30.0 Å². The van der Waals surface area contributed by atoms with E-state index in [2.05, 4.69) is 54.6 Å². The van der Waals surface area contributed by atoms with Crippen LogP contribution in [0.1, 0.15) is 15.9 Å². The van der Waals surface area contributed by atoms with Gasteiger partial charge in [0.05, 0.1) is 40.7 Å². The minimum Gasteiger partial charge on any atom is -0.744 e. The minimum absolute atomic E-state index is 0. The number of sulfone groups is 1. The van der Waals surface area contributed by atoms with Gasteiger partial charge < -0.3 is 45.3 Å². The van der Waals surface area contributed by atoms with E-state index in [1.165, 1.54) is 36.4 Å². The predicted molar refractivity (Wildman–Crippen MR) is 209 cm³/mol. The second-order valence-corrected chi connectivity index (χ2v) is 17.3. The Hall–Kier alpha value is -2.76. The number of carboxylic acid groups (broad SMARTS) is 1. The number of nitrogens with one attached hydrogen (secondary N) is 1. The molecule has 338 valence electrons. The van der Waals surface area contributed by atoms with Crippen LogP contribution in [0.2, 0.25) is 0 Å². The summed E-state index contributed by atoms with van der Waals surface area (Å²) in [7, 11) is -14.6. The summed E-state index contributed by atoms with van der Waals surface area (Å²) in [4.78, 5) is 23.4. The number of aromatic carboxylic acids is 1. The van der Waals surface area contributed by atoms with Gasteiger partial charge in [0.25, 0.3) is 0 Å². The number of phenolic OH excluding ortho intramolecular Hbond substituents is 1. The van der Waals surface area contributed by atoms with Gasteiger partial charge in [-0.15, -0.1) is 15.9 Å². The van der Waals surface area contributed by atoms with Crippen molar-refractivity contribution in [3.63, 3.8) is 0 Å². The summed E-state index contributed by atoms with van der Waals surface area (Å²) < 4.78 is 118. The zero-order valence-electron chi connectivity index (χ0n) is 34.1. The molecule has 3 N–H and O–H groups in total. The van der Waals surface area contributed by atoms with Crippen LogP contribution < -0.4 is 104 Å². The third kappa shape index (κ3) is 19.0. The summed E-state index contributed by atoms with van der Waals surface area (Å²) in [5, 5.41) is 48.7. The number of rotatable bonds is 20. The molecule has 0 aliphatic rings. The van der Waals surface area contributed by atoms with Crippen molar-refractivity contribution in [1.29, 1.82) is 0 Å². The van der Waals surface area contributed by atoms with Crippen molar-refractivity contribution in [2.24, 2.45) is 15.3 Å². The Labute approximate surface area is 456 Å². The van der Waals surface area contributed by atoms with E-state index in [1.54, 1.807) is 36.4 Å². The van der Waals surface area contributed by atoms with Gasteiger partial charge in [0, 0.05) is 28.3 Å². The van der Waals surface area contributed by atoms with Crippen LogP contribution >= 0.6 is 12.0 Å². The molecule has 0 saturated carbocycles. The Morgan fingerprint density at radius 3 is 2.15 bits per heavy atom. The van der Waals surface area contributed by atoms with E-state index in [1.807, 2.05) is 0 Å². The number of halogens is 1. The quantitative estimate of drug-likeness (QED) is 0.00625. The molecule has 0 amide bonds. The van der Waals surface area contributed by atoms with Crippen molar-refractivity contribution in [1.82, 2.24) is 15.0 Å². The maximum Gasteiger partial charge on any atom is 1.00 e. The number of phenols is 1. The number of amidine groups is 1. The number of benzene rings is 4. The van der Waals surface area contributed by atoms with Gasteiger partial charge >= 0.3 is 118 Å². The van der Waals surface area contributed by atoms with Crippen molar-refractivity contribution in [2.45, 2.75) is 9.79 Å². The standard InChI is InChI=1S/C33H30FN9O15S4.Cu.3Na/c34-31-36-32(38-33(37-31)43(21-9-5-2-6-10-21)13-15-60(48,49)16-14-56-62(53,54)55)35-26-18-23(61(50,51)52)19-27(28(26)44)40-42-29(20-7-3-1-4-8-20)41-39-25-17-22(59-58-57-47)11-12-24(25)30(45)46;;;;/h1-12,17-19H,13-16H2,(H7,35,36,37,38,39,40,41,42,44,45,46,47,50,51,52,53,54,55);;;;/q;4*+1/p-4. The average molecular weight is 1070 g/mol. The molecule has 0 aliphatic heterocycles. The zero-order chi connectivity index (χ0) is 45.1. The second-order valence-electron chi connectivity index (χ2n) is 11.8. The molecule has 1 aromatic heterocycles. The first-order chi connectivity index (χ1) is 29.3. The zero-order valence-corrected chi connectivity index (χ0v) is 44.3. The fourth-order valence-electron chi connectivity index (χ4n) is 4.90. The number of para-hydroxylation sites is 1. The van der Waals surface area contributed by atoms with E-state index in [0.717, 1.165) is 11.0 Å². The van der Waals surface area contributed by atoms with Crippen LogP contribution in [0.4, 0.5) is 39.0 Å². The molecule has 0 aliphatic carbocycles. The minimum atomic E-state index is -5.32. The Bertz CT molecular complexity index is 2840. The van der Waals surface area contributed by atoms with Crippen LogP contribution in [0.25, 0.3) is 5.43 Å². The number of carbonyl (C=O) groups is 1. The van der Waals surface area contributed by atoms with Gasteiger partial charge in [0.2, 0.25) is 22.3 Å². The first-order valence-electron chi connectivity index (χ1n) is 16.7. The van der Waals surface area contributed by atoms with Crippen molar-refractivity contribution >= 4 is 88.8 Å². The molecule has 0 unspecified atom stereocenters. The van der Waals surface area contributed by atoms with Gasteiger partial charge in [-0.3, -0.25) is 9.22 Å². The Morgan fingerprint density at radius 2 is 1.55 bits per heavy atom. The third-order valence-corrected chi connectivity index (χ3v) is 11.1. The Morgan fingerprint density at radius 1 is 0.894 bits per heavy atom. The summed E-state index contributed by atoms with van der Waals surface area (Å²) in [5.41, 5.74) is 2.46. The molecule has 66 heavy (non-hydrogen) atoms. The summed E-state index contributed by atoms with van der Waals surface area (Å²) in [6, 6.07) is 20.3. The molecule has 33 heteroatoms. The summed E-state index contributed by atoms with van der Waals surface area (Å²) >= 11 is 0.436. The molecule has 0 saturated heterocycles. The van der Waals surface area contributed by atoms with Gasteiger partial charge in [-0.05, 0) is 36.4 Å². The predicted octanol–water partition coefficient (Wildman–Crippen LogP) is -5.52. The smallest absolute Gasteiger partial charge is 0.744 e. The largest absolute Gasteiger partial charge is 1.00 e. The van der Waals surface area contributed by atoms with E-state index in [4.69, 9.17) is 0 Å². The first kappa shape index (κ1) is 61.3. The van der Waals surface area contributed by atoms with Gasteiger partial charge in [0.1, 0.15) is 15.8 Å². The monoisotopic (exact) mass is 1070 g/mol. The van der Waals surface area contributed by atoms with Crippen molar-refractivity contribution in [3.8, 4) is 5.75 Å². The van der Waals surface area contributed by atoms with Crippen LogP contribution in [0.5, 0.6) is 5.75 Å². The van der Waals surface area contributed by atoms with Gasteiger partial charge in [0.15, 0.2) is 21.4 Å². The van der Waals surface area contributed by atoms with E-state index in [9.17, 15) is 54.6 Å². The van der Waals surface area contributed by atoms with Gasteiger partial charge in [-0.2, -0.15) is 23.7 Å². The molecule has 0 atom stereocenters. The van der Waals surface area contributed by atoms with Crippen LogP contribution in [-0.2, 0) is 61.0 Å². The molecule has 5 aromatic rings. The Kier molecular flexibility index (Phi) is 26.0. The maximum atomic E-state index is 15.0. The number of hydrogen-bond acceptors (Lipinski definition) is 22. The first-order valence-corrected chi connectivity index (χ1v) is 22.0. The van der Waals surface area contributed by atoms with Crippen LogP contribution in [-0.4, -0.2) is 96.0 Å². The molecular weight excluding hydrogens is 1040 g/mol. The fraction of sp³-hybridized carbons (Fsp3) is 0.121. The van der Waals surface area contributed by atoms with Gasteiger partial charge in [-0.1, -0.05) is 54.6 Å². The molecule has 4 aromatic carbocycles. The number of anilines is 4. The molecule has 0 fully saturated rings. The number of nitrogens with zero attached hydrogens (tertiary/aromatic N) is 8. The molecular formula is C33H26CuFN9Na3O15S4. The van der Waals surface area contributed by atoms with Crippen molar-refractivity contribution in [2.75, 3.05) is 34.9 Å². The van der Waals surface area contributed by atoms with E-state index in [0.29, 0.717) is 24.2 Å².